The molecule has 7 nitrogen and oxygen atoms in total. The van der Waals surface area contributed by atoms with Gasteiger partial charge >= 0.3 is 0 Å². The van der Waals surface area contributed by atoms with Gasteiger partial charge in [-0.05, 0) is 25.0 Å². The van der Waals surface area contributed by atoms with Crippen molar-refractivity contribution in [2.45, 2.75) is 31.6 Å². The Morgan fingerprint density at radius 2 is 2.23 bits per heavy atom. The van der Waals surface area contributed by atoms with E-state index in [9.17, 15) is 4.79 Å². The van der Waals surface area contributed by atoms with Crippen molar-refractivity contribution in [3.63, 3.8) is 0 Å². The van der Waals surface area contributed by atoms with Crippen LogP contribution in [0.15, 0.2) is 29.8 Å². The molecule has 1 fully saturated rings. The number of anilines is 1. The number of amides is 1. The maximum Gasteiger partial charge on any atom is 0.258 e. The molecule has 2 heterocycles. The Bertz CT molecular complexity index is 738. The molecule has 2 atom stereocenters. The van der Waals surface area contributed by atoms with E-state index in [0.29, 0.717) is 36.1 Å². The van der Waals surface area contributed by atoms with Gasteiger partial charge in [0.1, 0.15) is 17.6 Å². The van der Waals surface area contributed by atoms with Crippen LogP contribution < -0.4 is 20.1 Å². The first kappa shape index (κ1) is 18.6. The standard InChI is InChI=1S/C18H23N3O4S/c1-23-13-4-3-12(16(9-13)24-2)11-21(18-20-7-8-26-18)17(22)15-6-5-14(10-19)25-15/h3-4,7-9,14-15H,5-6,10-11,19H2,1-2H3/t14-,15+/m1/s1. The van der Waals surface area contributed by atoms with Gasteiger partial charge in [-0.3, -0.25) is 9.69 Å². The molecule has 0 spiro atoms. The molecule has 1 aromatic heterocycles. The van der Waals surface area contributed by atoms with E-state index in [-0.39, 0.29) is 12.0 Å². The molecule has 0 unspecified atom stereocenters. The van der Waals surface area contributed by atoms with E-state index in [4.69, 9.17) is 19.9 Å². The summed E-state index contributed by atoms with van der Waals surface area (Å²) in [6.07, 6.45) is 2.60. The van der Waals surface area contributed by atoms with Crippen molar-refractivity contribution in [2.24, 2.45) is 5.73 Å². The van der Waals surface area contributed by atoms with Gasteiger partial charge in [-0.1, -0.05) is 0 Å². The van der Waals surface area contributed by atoms with Crippen LogP contribution in [0.5, 0.6) is 11.5 Å². The van der Waals surface area contributed by atoms with Crippen LogP contribution in [0.4, 0.5) is 5.13 Å². The topological polar surface area (TPSA) is 86.9 Å². The SMILES string of the molecule is COc1ccc(CN(C(=O)[C@@H]2CC[C@H](CN)O2)c2nccs2)c(OC)c1. The van der Waals surface area contributed by atoms with Gasteiger partial charge in [0.2, 0.25) is 0 Å². The summed E-state index contributed by atoms with van der Waals surface area (Å²) in [6.45, 7) is 0.764. The molecule has 0 saturated carbocycles. The number of carbonyl (C=O) groups excluding carboxylic acids is 1. The van der Waals surface area contributed by atoms with E-state index in [1.54, 1.807) is 31.4 Å². The smallest absolute Gasteiger partial charge is 0.258 e. The van der Waals surface area contributed by atoms with Crippen molar-refractivity contribution >= 4 is 22.4 Å². The Balaban J connectivity index is 1.85. The van der Waals surface area contributed by atoms with Crippen molar-refractivity contribution < 1.29 is 19.0 Å². The first-order chi connectivity index (χ1) is 12.7. The Hall–Kier alpha value is -2.16. The van der Waals surface area contributed by atoms with E-state index < -0.39 is 6.10 Å². The summed E-state index contributed by atoms with van der Waals surface area (Å²) in [6, 6.07) is 5.54. The van der Waals surface area contributed by atoms with E-state index in [1.807, 2.05) is 17.5 Å². The highest BCUT2D eigenvalue weighted by Crippen LogP contribution is 2.30. The molecule has 1 aromatic carbocycles. The summed E-state index contributed by atoms with van der Waals surface area (Å²) in [5.74, 6) is 1.25. The van der Waals surface area contributed by atoms with E-state index in [0.717, 1.165) is 12.0 Å². The molecule has 140 valence electrons. The lowest BCUT2D eigenvalue weighted by Gasteiger charge is -2.24. The van der Waals surface area contributed by atoms with E-state index in [1.165, 1.54) is 11.3 Å². The predicted octanol–water partition coefficient (Wildman–Crippen LogP) is 2.20. The van der Waals surface area contributed by atoms with Crippen molar-refractivity contribution in [1.29, 1.82) is 0 Å². The number of carbonyl (C=O) groups is 1. The summed E-state index contributed by atoms with van der Waals surface area (Å²) >= 11 is 1.41. The lowest BCUT2D eigenvalue weighted by atomic mass is 10.1. The summed E-state index contributed by atoms with van der Waals surface area (Å²) in [4.78, 5) is 19.1. The highest BCUT2D eigenvalue weighted by molar-refractivity contribution is 7.13. The minimum Gasteiger partial charge on any atom is -0.497 e. The molecule has 0 aliphatic carbocycles. The molecule has 1 saturated heterocycles. The molecule has 1 aliphatic rings. The monoisotopic (exact) mass is 377 g/mol. The average molecular weight is 377 g/mol. The van der Waals surface area contributed by atoms with Crippen molar-refractivity contribution in [3.05, 3.63) is 35.3 Å². The molecular formula is C18H23N3O4S. The van der Waals surface area contributed by atoms with E-state index in [2.05, 4.69) is 4.98 Å². The molecule has 0 radical (unpaired) electrons. The molecular weight excluding hydrogens is 354 g/mol. The lowest BCUT2D eigenvalue weighted by Crippen LogP contribution is -2.39. The first-order valence-corrected chi connectivity index (χ1v) is 9.31. The Labute approximate surface area is 156 Å². The van der Waals surface area contributed by atoms with Crippen LogP contribution in [0.2, 0.25) is 0 Å². The van der Waals surface area contributed by atoms with Gasteiger partial charge in [-0.15, -0.1) is 11.3 Å². The summed E-state index contributed by atoms with van der Waals surface area (Å²) in [5, 5.41) is 2.48. The third-order valence-corrected chi connectivity index (χ3v) is 5.18. The van der Waals surface area contributed by atoms with E-state index >= 15 is 0 Å². The van der Waals surface area contributed by atoms with Gasteiger partial charge in [-0.25, -0.2) is 4.98 Å². The maximum absolute atomic E-state index is 13.1. The molecule has 2 N–H and O–H groups in total. The minimum atomic E-state index is -0.489. The normalized spacial score (nSPS) is 19.3. The number of nitrogens with two attached hydrogens (primary N) is 1. The average Bonchev–Trinajstić information content (AvgIpc) is 3.37. The van der Waals surface area contributed by atoms with Crippen LogP contribution in [0.3, 0.4) is 0 Å². The fourth-order valence-corrected chi connectivity index (χ4v) is 3.62. The number of aromatic nitrogens is 1. The second-order valence-corrected chi connectivity index (χ2v) is 6.85. The number of nitrogens with zero attached hydrogens (tertiary/aromatic N) is 2. The quantitative estimate of drug-likeness (QED) is 0.796. The summed E-state index contributed by atoms with van der Waals surface area (Å²) < 4.78 is 16.5. The molecule has 0 bridgehead atoms. The Kier molecular flexibility index (Phi) is 6.08. The van der Waals surface area contributed by atoms with Crippen LogP contribution in [-0.4, -0.2) is 43.9 Å². The van der Waals surface area contributed by atoms with Crippen molar-refractivity contribution in [2.75, 3.05) is 25.7 Å². The van der Waals surface area contributed by atoms with Gasteiger partial charge in [0.25, 0.3) is 5.91 Å². The Morgan fingerprint density at radius 3 is 2.85 bits per heavy atom. The van der Waals surface area contributed by atoms with Crippen molar-refractivity contribution in [3.8, 4) is 11.5 Å². The van der Waals surface area contributed by atoms with Crippen LogP contribution in [0.1, 0.15) is 18.4 Å². The summed E-state index contributed by atoms with van der Waals surface area (Å²) in [5.41, 5.74) is 6.53. The van der Waals surface area contributed by atoms with Crippen LogP contribution in [-0.2, 0) is 16.1 Å². The highest BCUT2D eigenvalue weighted by atomic mass is 32.1. The van der Waals surface area contributed by atoms with Gasteiger partial charge < -0.3 is 19.9 Å². The number of hydrogen-bond acceptors (Lipinski definition) is 7. The fraction of sp³-hybridized carbons (Fsp3) is 0.444. The third-order valence-electron chi connectivity index (χ3n) is 4.38. The number of methoxy groups -OCH3 is 2. The second-order valence-electron chi connectivity index (χ2n) is 5.98. The van der Waals surface area contributed by atoms with Gasteiger partial charge in [0.15, 0.2) is 5.13 Å². The molecule has 1 aliphatic heterocycles. The molecule has 1 amide bonds. The number of hydrogen-bond donors (Lipinski definition) is 1. The molecule has 2 aromatic rings. The number of benzene rings is 1. The fourth-order valence-electron chi connectivity index (χ4n) is 2.98. The number of thiazole rings is 1. The third kappa shape index (κ3) is 3.98. The molecule has 3 rings (SSSR count). The zero-order valence-corrected chi connectivity index (χ0v) is 15.7. The number of rotatable bonds is 7. The van der Waals surface area contributed by atoms with Crippen LogP contribution in [0, 0.1) is 0 Å². The second kappa shape index (κ2) is 8.48. The highest BCUT2D eigenvalue weighted by Gasteiger charge is 2.34. The predicted molar refractivity (Wildman–Crippen MR) is 99.8 cm³/mol. The maximum atomic E-state index is 13.1. The van der Waals surface area contributed by atoms with Gasteiger partial charge in [0, 0.05) is 29.8 Å². The Morgan fingerprint density at radius 1 is 1.38 bits per heavy atom. The zero-order chi connectivity index (χ0) is 18.5. The van der Waals surface area contributed by atoms with Crippen LogP contribution in [0.25, 0.3) is 0 Å². The van der Waals surface area contributed by atoms with Gasteiger partial charge in [-0.2, -0.15) is 0 Å². The molecule has 26 heavy (non-hydrogen) atoms. The lowest BCUT2D eigenvalue weighted by molar-refractivity contribution is -0.129. The van der Waals surface area contributed by atoms with Crippen molar-refractivity contribution in [1.82, 2.24) is 4.98 Å². The zero-order valence-electron chi connectivity index (χ0n) is 14.9. The van der Waals surface area contributed by atoms with Gasteiger partial charge in [0.05, 0.1) is 26.9 Å². The minimum absolute atomic E-state index is 0.0578. The first-order valence-electron chi connectivity index (χ1n) is 8.43. The summed E-state index contributed by atoms with van der Waals surface area (Å²) in [7, 11) is 3.20. The number of ether oxygens (including phenoxy) is 3. The largest absolute Gasteiger partial charge is 0.497 e. The molecule has 8 heteroatoms. The van der Waals surface area contributed by atoms with Crippen LogP contribution >= 0.6 is 11.3 Å².